The van der Waals surface area contributed by atoms with Crippen LogP contribution in [0.4, 0.5) is 4.39 Å². The number of aliphatic imine (C=N–C) groups is 1. The Hall–Kier alpha value is -2.11. The summed E-state index contributed by atoms with van der Waals surface area (Å²) in [6.45, 7) is 2.48. The number of piperidine rings is 1. The number of amides is 1. The van der Waals surface area contributed by atoms with Gasteiger partial charge in [0.15, 0.2) is 5.96 Å². The average molecular weight is 389 g/mol. The van der Waals surface area contributed by atoms with E-state index in [2.05, 4.69) is 21.3 Å². The molecule has 0 bridgehead atoms. The molecule has 28 heavy (non-hydrogen) atoms. The van der Waals surface area contributed by atoms with Gasteiger partial charge in [0.2, 0.25) is 5.91 Å². The van der Waals surface area contributed by atoms with E-state index >= 15 is 0 Å². The number of nitrogens with zero attached hydrogens (tertiary/aromatic N) is 2. The molecule has 1 unspecified atom stereocenters. The molecule has 1 aliphatic heterocycles. The highest BCUT2D eigenvalue weighted by Gasteiger charge is 2.35. The molecule has 3 N–H and O–H groups in total. The molecular weight excluding hydrogens is 355 g/mol. The summed E-state index contributed by atoms with van der Waals surface area (Å²) < 4.78 is 13.9. The first-order valence-corrected chi connectivity index (χ1v) is 10.5. The number of hydrogen-bond acceptors (Lipinski definition) is 2. The fourth-order valence-electron chi connectivity index (χ4n) is 4.90. The van der Waals surface area contributed by atoms with E-state index in [-0.39, 0.29) is 23.1 Å². The van der Waals surface area contributed by atoms with Gasteiger partial charge in [-0.3, -0.25) is 9.79 Å². The highest BCUT2D eigenvalue weighted by molar-refractivity contribution is 5.80. The molecule has 3 rings (SSSR count). The van der Waals surface area contributed by atoms with Crippen LogP contribution in [0, 0.1) is 11.7 Å². The molecule has 1 aliphatic carbocycles. The molecular formula is C22H33FN4O. The minimum Gasteiger partial charge on any atom is -0.370 e. The van der Waals surface area contributed by atoms with Gasteiger partial charge in [-0.15, -0.1) is 0 Å². The predicted molar refractivity (Wildman–Crippen MR) is 111 cm³/mol. The Balaban J connectivity index is 1.70. The summed E-state index contributed by atoms with van der Waals surface area (Å²) in [4.78, 5) is 18.0. The maximum absolute atomic E-state index is 13.9. The van der Waals surface area contributed by atoms with Crippen molar-refractivity contribution < 1.29 is 9.18 Å². The van der Waals surface area contributed by atoms with Crippen LogP contribution in [0.3, 0.4) is 0 Å². The lowest BCUT2D eigenvalue weighted by Crippen LogP contribution is -2.51. The number of carbonyl (C=O) groups excluding carboxylic acids is 1. The minimum atomic E-state index is -0.234. The Labute approximate surface area is 167 Å². The molecule has 154 valence electrons. The maximum atomic E-state index is 13.9. The number of guanidine groups is 1. The molecule has 1 saturated carbocycles. The number of nitrogens with two attached hydrogens (primary N) is 1. The second-order valence-electron chi connectivity index (χ2n) is 8.38. The quantitative estimate of drug-likeness (QED) is 0.601. The van der Waals surface area contributed by atoms with Gasteiger partial charge in [0.05, 0.1) is 0 Å². The minimum absolute atomic E-state index is 0.0568. The van der Waals surface area contributed by atoms with Crippen molar-refractivity contribution in [3.05, 3.63) is 35.6 Å². The van der Waals surface area contributed by atoms with E-state index in [0.717, 1.165) is 56.8 Å². The van der Waals surface area contributed by atoms with Crippen LogP contribution < -0.4 is 11.1 Å². The topological polar surface area (TPSA) is 70.7 Å². The van der Waals surface area contributed by atoms with Crippen LogP contribution in [0.25, 0.3) is 0 Å². The lowest BCUT2D eigenvalue weighted by Gasteiger charge is -2.40. The molecule has 1 heterocycles. The van der Waals surface area contributed by atoms with Crippen LogP contribution in [-0.2, 0) is 10.2 Å². The monoisotopic (exact) mass is 388 g/mol. The zero-order valence-corrected chi connectivity index (χ0v) is 16.9. The van der Waals surface area contributed by atoms with E-state index in [1.165, 1.54) is 25.3 Å². The van der Waals surface area contributed by atoms with E-state index in [1.807, 2.05) is 6.07 Å². The third kappa shape index (κ3) is 5.03. The van der Waals surface area contributed by atoms with Gasteiger partial charge in [0.1, 0.15) is 5.82 Å². The molecule has 1 aromatic carbocycles. The summed E-state index contributed by atoms with van der Waals surface area (Å²) in [5.41, 5.74) is 6.42. The maximum Gasteiger partial charge on any atom is 0.217 e. The molecule has 0 aromatic heterocycles. The third-order valence-electron chi connectivity index (χ3n) is 6.35. The number of benzene rings is 1. The molecule has 1 aromatic rings. The summed E-state index contributed by atoms with van der Waals surface area (Å²) in [5.74, 6) is 0.756. The van der Waals surface area contributed by atoms with Crippen LogP contribution in [0.15, 0.2) is 29.3 Å². The summed E-state index contributed by atoms with van der Waals surface area (Å²) in [6, 6.07) is 7.08. The predicted octanol–water partition coefficient (Wildman–Crippen LogP) is 3.19. The Morgan fingerprint density at radius 2 is 2.11 bits per heavy atom. The van der Waals surface area contributed by atoms with E-state index in [0.29, 0.717) is 6.42 Å². The molecule has 1 atom stereocenters. The lowest BCUT2D eigenvalue weighted by molar-refractivity contribution is -0.119. The van der Waals surface area contributed by atoms with Crippen LogP contribution in [-0.4, -0.2) is 43.4 Å². The van der Waals surface area contributed by atoms with Gasteiger partial charge in [0.25, 0.3) is 0 Å². The third-order valence-corrected chi connectivity index (χ3v) is 6.35. The number of halogens is 1. The van der Waals surface area contributed by atoms with E-state index in [1.54, 1.807) is 13.1 Å². The number of hydrogen-bond donors (Lipinski definition) is 2. The molecule has 2 aliphatic rings. The Morgan fingerprint density at radius 3 is 2.79 bits per heavy atom. The number of primary amides is 1. The first kappa shape index (κ1) is 20.6. The highest BCUT2D eigenvalue weighted by Crippen LogP contribution is 2.39. The van der Waals surface area contributed by atoms with Crippen LogP contribution in [0.1, 0.15) is 56.9 Å². The van der Waals surface area contributed by atoms with Crippen molar-refractivity contribution in [3.63, 3.8) is 0 Å². The van der Waals surface area contributed by atoms with Crippen molar-refractivity contribution in [2.24, 2.45) is 16.6 Å². The fourth-order valence-corrected chi connectivity index (χ4v) is 4.90. The summed E-state index contributed by atoms with van der Waals surface area (Å²) >= 11 is 0. The van der Waals surface area contributed by atoms with Crippen molar-refractivity contribution in [2.45, 2.75) is 56.8 Å². The zero-order valence-electron chi connectivity index (χ0n) is 16.9. The largest absolute Gasteiger partial charge is 0.370 e. The van der Waals surface area contributed by atoms with Crippen molar-refractivity contribution in [3.8, 4) is 0 Å². The SMILES string of the molecule is CN=C(NCC1(c2cccc(F)c2)CCCCC1)N1CCCC(CC(N)=O)C1. The van der Waals surface area contributed by atoms with Crippen molar-refractivity contribution in [1.29, 1.82) is 0 Å². The highest BCUT2D eigenvalue weighted by atomic mass is 19.1. The number of carbonyl (C=O) groups is 1. The van der Waals surface area contributed by atoms with Gasteiger partial charge >= 0.3 is 0 Å². The number of rotatable bonds is 5. The van der Waals surface area contributed by atoms with Crippen molar-refractivity contribution in [1.82, 2.24) is 10.2 Å². The second-order valence-corrected chi connectivity index (χ2v) is 8.38. The van der Waals surface area contributed by atoms with Crippen LogP contribution >= 0.6 is 0 Å². The number of nitrogens with one attached hydrogen (secondary N) is 1. The van der Waals surface area contributed by atoms with E-state index in [9.17, 15) is 9.18 Å². The Bertz CT molecular complexity index is 700. The molecule has 0 spiro atoms. The first-order chi connectivity index (χ1) is 13.5. The average Bonchev–Trinajstić information content (AvgIpc) is 2.69. The van der Waals surface area contributed by atoms with Gasteiger partial charge in [-0.1, -0.05) is 31.4 Å². The first-order valence-electron chi connectivity index (χ1n) is 10.5. The molecule has 0 radical (unpaired) electrons. The van der Waals surface area contributed by atoms with E-state index in [4.69, 9.17) is 5.73 Å². The number of likely N-dealkylation sites (tertiary alicyclic amines) is 1. The summed E-state index contributed by atoms with van der Waals surface area (Å²) in [7, 11) is 1.80. The fraction of sp³-hybridized carbons (Fsp3) is 0.636. The zero-order chi connectivity index (χ0) is 20.0. The van der Waals surface area contributed by atoms with Gasteiger partial charge in [-0.25, -0.2) is 4.39 Å². The van der Waals surface area contributed by atoms with E-state index < -0.39 is 0 Å². The van der Waals surface area contributed by atoms with Gasteiger partial charge in [0, 0.05) is 38.5 Å². The molecule has 1 amide bonds. The molecule has 6 heteroatoms. The normalized spacial score (nSPS) is 22.7. The van der Waals surface area contributed by atoms with Crippen LogP contribution in [0.2, 0.25) is 0 Å². The van der Waals surface area contributed by atoms with Crippen LogP contribution in [0.5, 0.6) is 0 Å². The van der Waals surface area contributed by atoms with Gasteiger partial charge in [-0.2, -0.15) is 0 Å². The second kappa shape index (κ2) is 9.39. The standard InChI is InChI=1S/C22H33FN4O/c1-25-21(27-12-6-7-17(15-27)13-20(24)28)26-16-22(10-3-2-4-11-22)18-8-5-9-19(23)14-18/h5,8-9,14,17H,2-4,6-7,10-13,15-16H2,1H3,(H2,24,28)(H,25,26). The van der Waals surface area contributed by atoms with Gasteiger partial charge in [-0.05, 0) is 49.3 Å². The molecule has 1 saturated heterocycles. The van der Waals surface area contributed by atoms with Crippen molar-refractivity contribution in [2.75, 3.05) is 26.7 Å². The summed E-state index contributed by atoms with van der Waals surface area (Å²) in [6.07, 6.45) is 8.20. The summed E-state index contributed by atoms with van der Waals surface area (Å²) in [5, 5.41) is 3.58. The smallest absolute Gasteiger partial charge is 0.217 e. The molecule has 2 fully saturated rings. The van der Waals surface area contributed by atoms with Crippen molar-refractivity contribution >= 4 is 11.9 Å². The molecule has 5 nitrogen and oxygen atoms in total. The van der Waals surface area contributed by atoms with Gasteiger partial charge < -0.3 is 16.0 Å². The lowest BCUT2D eigenvalue weighted by atomic mass is 9.69. The Morgan fingerprint density at radius 1 is 1.32 bits per heavy atom. The Kier molecular flexibility index (Phi) is 6.92.